The van der Waals surface area contributed by atoms with E-state index in [2.05, 4.69) is 26.9 Å². The van der Waals surface area contributed by atoms with Crippen LogP contribution in [0.2, 0.25) is 0 Å². The van der Waals surface area contributed by atoms with Crippen LogP contribution in [0.4, 0.5) is 4.79 Å². The molecule has 0 spiro atoms. The lowest BCUT2D eigenvalue weighted by molar-refractivity contribution is -0.142. The summed E-state index contributed by atoms with van der Waals surface area (Å²) in [7, 11) is -2.31. The van der Waals surface area contributed by atoms with Crippen LogP contribution in [0, 0.1) is 11.3 Å². The van der Waals surface area contributed by atoms with Crippen molar-refractivity contribution in [2.75, 3.05) is 20.3 Å². The van der Waals surface area contributed by atoms with Gasteiger partial charge in [-0.3, -0.25) is 19.1 Å². The number of carbonyl (C=O) groups is 4. The number of aromatic nitrogens is 1. The van der Waals surface area contributed by atoms with Crippen LogP contribution in [0.25, 0.3) is 16.8 Å². The van der Waals surface area contributed by atoms with Crippen molar-refractivity contribution in [3.63, 3.8) is 0 Å². The molecule has 4 aliphatic rings. The third-order valence-corrected chi connectivity index (χ3v) is 11.7. The van der Waals surface area contributed by atoms with Crippen molar-refractivity contribution in [3.8, 4) is 11.6 Å². The second-order valence-electron chi connectivity index (χ2n) is 14.7. The molecule has 0 radical (unpaired) electrons. The molecule has 5 atom stereocenters. The quantitative estimate of drug-likeness (QED) is 0.359. The second-order valence-corrected chi connectivity index (χ2v) is 16.7. The van der Waals surface area contributed by atoms with Crippen LogP contribution in [0.1, 0.15) is 64.9 Å². The van der Waals surface area contributed by atoms with Gasteiger partial charge in [0, 0.05) is 29.5 Å². The number of sulfonamides is 1. The van der Waals surface area contributed by atoms with Crippen LogP contribution in [0.3, 0.4) is 0 Å². The first kappa shape index (κ1) is 36.1. The molecule has 14 nitrogen and oxygen atoms in total. The molecule has 2 aliphatic carbocycles. The van der Waals surface area contributed by atoms with E-state index in [9.17, 15) is 27.6 Å². The Bertz CT molecular complexity index is 1890. The minimum absolute atomic E-state index is 0.0245. The molecule has 1 aromatic heterocycles. The van der Waals surface area contributed by atoms with Crippen LogP contribution >= 0.6 is 0 Å². The van der Waals surface area contributed by atoms with Crippen molar-refractivity contribution >= 4 is 50.7 Å². The summed E-state index contributed by atoms with van der Waals surface area (Å²) >= 11 is 0. The Labute approximate surface area is 297 Å². The number of amides is 4. The SMILES string of the molecule is C=C[C@@H]1CC1(NC(=O)[C@@H]1C[C@@H]2CN1C(=O)[C@H](C(C)(C)C)NC(=O)OCCC/C=C/c1cc3c(nccc3cc1OC)O2)C(=O)NS(=O)(=O)C1CC1. The van der Waals surface area contributed by atoms with Crippen molar-refractivity contribution in [1.29, 1.82) is 0 Å². The maximum absolute atomic E-state index is 14.4. The van der Waals surface area contributed by atoms with E-state index in [1.54, 1.807) is 34.1 Å². The average Bonchev–Trinajstić information content (AvgIpc) is 4.00. The summed E-state index contributed by atoms with van der Waals surface area (Å²) < 4.78 is 45.0. The Balaban J connectivity index is 1.35. The van der Waals surface area contributed by atoms with Gasteiger partial charge in [0.15, 0.2) is 0 Å². The third kappa shape index (κ3) is 7.53. The van der Waals surface area contributed by atoms with Crippen molar-refractivity contribution in [2.45, 2.75) is 88.3 Å². The predicted molar refractivity (Wildman–Crippen MR) is 188 cm³/mol. The maximum Gasteiger partial charge on any atom is 0.407 e. The molecular weight excluding hydrogens is 678 g/mol. The number of rotatable bonds is 7. The van der Waals surface area contributed by atoms with Gasteiger partial charge in [0.25, 0.3) is 5.91 Å². The minimum Gasteiger partial charge on any atom is -0.496 e. The van der Waals surface area contributed by atoms with Crippen molar-refractivity contribution in [3.05, 3.63) is 48.7 Å². The standard InChI is InChI=1S/C36H45N5O9S/c1-6-23-19-36(23,33(44)40-51(46,47)25-11-12-25)39-30(42)27-18-24-20-41(27)32(43)29(35(2,3)4)38-34(45)49-15-9-7-8-10-22-16-26-21(17-28(22)48-5)13-14-37-31(26)50-24/h6,8,10,13-14,16-17,23-25,27,29H,1,7,9,11-12,15,18-20H2,2-5H3,(H,38,45)(H,39,42)(H,40,44)/b10-8+/t23-,24-,27+,29-,36?/m1/s1. The topological polar surface area (TPSA) is 182 Å². The van der Waals surface area contributed by atoms with E-state index in [-0.39, 0.29) is 26.0 Å². The number of nitrogens with zero attached hydrogens (tertiary/aromatic N) is 2. The van der Waals surface area contributed by atoms with Gasteiger partial charge in [-0.2, -0.15) is 0 Å². The van der Waals surface area contributed by atoms with Gasteiger partial charge in [0.2, 0.25) is 27.7 Å². The lowest BCUT2D eigenvalue weighted by Gasteiger charge is -2.35. The third-order valence-electron chi connectivity index (χ3n) is 9.87. The van der Waals surface area contributed by atoms with Gasteiger partial charge in [-0.1, -0.05) is 39.0 Å². The first-order chi connectivity index (χ1) is 24.2. The Morgan fingerprint density at radius 3 is 2.65 bits per heavy atom. The van der Waals surface area contributed by atoms with Crippen LogP contribution in [-0.2, 0) is 29.1 Å². The fraction of sp³-hybridized carbons (Fsp3) is 0.528. The second kappa shape index (κ2) is 13.8. The molecule has 3 N–H and O–H groups in total. The molecule has 3 heterocycles. The summed E-state index contributed by atoms with van der Waals surface area (Å²) in [6.07, 6.45) is 7.71. The van der Waals surface area contributed by atoms with Crippen LogP contribution in [0.15, 0.2) is 43.1 Å². The number of alkyl carbamates (subject to hydrolysis) is 1. The number of carbonyl (C=O) groups excluding carboxylic acids is 4. The van der Waals surface area contributed by atoms with E-state index in [4.69, 9.17) is 14.2 Å². The highest BCUT2D eigenvalue weighted by Crippen LogP contribution is 2.45. The summed E-state index contributed by atoms with van der Waals surface area (Å²) in [5.74, 6) is -1.63. The molecule has 4 amide bonds. The fourth-order valence-electron chi connectivity index (χ4n) is 6.69. The Morgan fingerprint density at radius 1 is 1.22 bits per heavy atom. The summed E-state index contributed by atoms with van der Waals surface area (Å²) in [5, 5.41) is 6.37. The molecular formula is C36H45N5O9S. The molecule has 2 aromatic rings. The number of nitrogens with one attached hydrogen (secondary N) is 3. The van der Waals surface area contributed by atoms with Gasteiger partial charge >= 0.3 is 6.09 Å². The van der Waals surface area contributed by atoms with Gasteiger partial charge in [0.05, 0.1) is 25.5 Å². The van der Waals surface area contributed by atoms with Crippen LogP contribution < -0.4 is 24.8 Å². The van der Waals surface area contributed by atoms with E-state index in [1.807, 2.05) is 30.4 Å². The zero-order valence-electron chi connectivity index (χ0n) is 29.3. The van der Waals surface area contributed by atoms with E-state index in [0.717, 1.165) is 10.9 Å². The molecule has 1 saturated heterocycles. The molecule has 1 unspecified atom stereocenters. The Kier molecular flexibility index (Phi) is 9.79. The highest BCUT2D eigenvalue weighted by molar-refractivity contribution is 7.91. The Hall–Kier alpha value is -4.66. The Morgan fingerprint density at radius 2 is 1.98 bits per heavy atom. The van der Waals surface area contributed by atoms with Crippen molar-refractivity contribution in [1.82, 2.24) is 25.2 Å². The number of cyclic esters (lactones) is 1. The van der Waals surface area contributed by atoms with Gasteiger partial charge in [-0.25, -0.2) is 18.2 Å². The normalized spacial score (nSPS) is 27.6. The van der Waals surface area contributed by atoms with E-state index in [0.29, 0.717) is 42.7 Å². The molecule has 1 aromatic carbocycles. The molecule has 274 valence electrons. The summed E-state index contributed by atoms with van der Waals surface area (Å²) in [4.78, 5) is 60.9. The van der Waals surface area contributed by atoms with Crippen LogP contribution in [-0.4, -0.2) is 91.4 Å². The number of hydrogen-bond donors (Lipinski definition) is 3. The zero-order chi connectivity index (χ0) is 36.7. The van der Waals surface area contributed by atoms with Crippen LogP contribution in [0.5, 0.6) is 11.6 Å². The highest BCUT2D eigenvalue weighted by atomic mass is 32.2. The number of benzene rings is 1. The highest BCUT2D eigenvalue weighted by Gasteiger charge is 2.62. The first-order valence-corrected chi connectivity index (χ1v) is 18.8. The predicted octanol–water partition coefficient (Wildman–Crippen LogP) is 3.21. The largest absolute Gasteiger partial charge is 0.496 e. The summed E-state index contributed by atoms with van der Waals surface area (Å²) in [6.45, 7) is 9.20. The van der Waals surface area contributed by atoms with Crippen molar-refractivity contribution in [2.24, 2.45) is 11.3 Å². The average molecular weight is 724 g/mol. The van der Waals surface area contributed by atoms with E-state index < -0.39 is 74.1 Å². The lowest BCUT2D eigenvalue weighted by Crippen LogP contribution is -2.60. The summed E-state index contributed by atoms with van der Waals surface area (Å²) in [5.41, 5.74) is -1.56. The smallest absolute Gasteiger partial charge is 0.407 e. The maximum atomic E-state index is 14.4. The van der Waals surface area contributed by atoms with Gasteiger partial charge in [-0.15, -0.1) is 6.58 Å². The number of pyridine rings is 1. The molecule has 3 fully saturated rings. The molecule has 15 heteroatoms. The first-order valence-electron chi connectivity index (χ1n) is 17.2. The van der Waals surface area contributed by atoms with Gasteiger partial charge in [-0.05, 0) is 61.1 Å². The number of fused-ring (bicyclic) bond motifs is 3. The lowest BCUT2D eigenvalue weighted by atomic mass is 9.85. The van der Waals surface area contributed by atoms with Gasteiger partial charge in [0.1, 0.15) is 29.5 Å². The summed E-state index contributed by atoms with van der Waals surface area (Å²) in [6, 6.07) is 3.38. The number of ether oxygens (including phenoxy) is 3. The molecule has 4 bridgehead atoms. The number of hydrogen-bond acceptors (Lipinski definition) is 10. The molecule has 2 aliphatic heterocycles. The van der Waals surface area contributed by atoms with Gasteiger partial charge < -0.3 is 29.7 Å². The zero-order valence-corrected chi connectivity index (χ0v) is 30.1. The monoisotopic (exact) mass is 723 g/mol. The number of methoxy groups -OCH3 is 1. The van der Waals surface area contributed by atoms with E-state index >= 15 is 0 Å². The number of allylic oxidation sites excluding steroid dienone is 1. The molecule has 2 saturated carbocycles. The fourth-order valence-corrected chi connectivity index (χ4v) is 8.06. The van der Waals surface area contributed by atoms with Crippen molar-refractivity contribution < 1.29 is 41.8 Å². The molecule has 6 rings (SSSR count). The molecule has 51 heavy (non-hydrogen) atoms. The minimum atomic E-state index is -3.89. The van der Waals surface area contributed by atoms with E-state index in [1.165, 1.54) is 11.0 Å².